The Kier molecular flexibility index (Phi) is 8.75. The average molecular weight is 424 g/mol. The molecule has 1 unspecified atom stereocenters. The number of hydrogen-bond donors (Lipinski definition) is 3. The molecule has 0 saturated heterocycles. The fraction of sp³-hybridized carbons (Fsp3) is 0.480. The number of fused-ring (bicyclic) bond motifs is 1. The number of rotatable bonds is 6. The van der Waals surface area contributed by atoms with Crippen LogP contribution < -0.4 is 10.6 Å². The topological polar surface area (TPSA) is 83.0 Å². The molecule has 0 spiro atoms. The summed E-state index contributed by atoms with van der Waals surface area (Å²) in [6.45, 7) is 14.7. The van der Waals surface area contributed by atoms with E-state index in [9.17, 15) is 5.11 Å². The summed E-state index contributed by atoms with van der Waals surface area (Å²) in [5.41, 5.74) is 2.74. The molecule has 0 aliphatic carbocycles. The standard InChI is InChI=1S/C14H24N2O.C11H13N3/c1-10(2)8-13(17)12-9-11(6-7-15-12)16-14(3,4)5;1-8(2)14-11-9-4-3-6-12-10(9)5-7-13-11/h6-7,9-10,13,17H,8H2,1-5H3,(H,15,16);3-8H,1-2H3,(H,13,14). The predicted molar refractivity (Wildman–Crippen MR) is 130 cm³/mol. The van der Waals surface area contributed by atoms with Crippen molar-refractivity contribution in [2.75, 3.05) is 10.6 Å². The SMILES string of the molecule is CC(C)CC(O)c1cc(NC(C)(C)C)ccn1.CC(C)Nc1nccc2ncccc12. The smallest absolute Gasteiger partial charge is 0.135 e. The molecule has 0 bridgehead atoms. The molecule has 0 aliphatic rings. The van der Waals surface area contributed by atoms with Crippen molar-refractivity contribution in [3.8, 4) is 0 Å². The summed E-state index contributed by atoms with van der Waals surface area (Å²) in [5, 5.41) is 17.8. The van der Waals surface area contributed by atoms with Crippen LogP contribution in [0.3, 0.4) is 0 Å². The molecule has 3 rings (SSSR count). The maximum atomic E-state index is 10.0. The van der Waals surface area contributed by atoms with E-state index in [-0.39, 0.29) is 5.54 Å². The van der Waals surface area contributed by atoms with Crippen LogP contribution in [0.2, 0.25) is 0 Å². The highest BCUT2D eigenvalue weighted by atomic mass is 16.3. The third-order valence-corrected chi connectivity index (χ3v) is 4.29. The van der Waals surface area contributed by atoms with Crippen LogP contribution in [0.4, 0.5) is 11.5 Å². The number of aliphatic hydroxyl groups excluding tert-OH is 1. The summed E-state index contributed by atoms with van der Waals surface area (Å²) >= 11 is 0. The van der Waals surface area contributed by atoms with Gasteiger partial charge >= 0.3 is 0 Å². The summed E-state index contributed by atoms with van der Waals surface area (Å²) in [5.74, 6) is 1.37. The highest BCUT2D eigenvalue weighted by molar-refractivity contribution is 5.88. The lowest BCUT2D eigenvalue weighted by atomic mass is 10.0. The van der Waals surface area contributed by atoms with Crippen molar-refractivity contribution >= 4 is 22.4 Å². The quantitative estimate of drug-likeness (QED) is 0.463. The lowest BCUT2D eigenvalue weighted by Crippen LogP contribution is -2.26. The lowest BCUT2D eigenvalue weighted by molar-refractivity contribution is 0.146. The molecule has 3 aromatic heterocycles. The monoisotopic (exact) mass is 423 g/mol. The van der Waals surface area contributed by atoms with Crippen molar-refractivity contribution in [2.24, 2.45) is 5.92 Å². The van der Waals surface area contributed by atoms with Gasteiger partial charge in [-0.15, -0.1) is 0 Å². The predicted octanol–water partition coefficient (Wildman–Crippen LogP) is 5.82. The minimum Gasteiger partial charge on any atom is -0.387 e. The maximum Gasteiger partial charge on any atom is 0.135 e. The van der Waals surface area contributed by atoms with Crippen LogP contribution in [0.15, 0.2) is 48.9 Å². The number of aliphatic hydroxyl groups is 1. The molecule has 0 amide bonds. The van der Waals surface area contributed by atoms with E-state index in [4.69, 9.17) is 0 Å². The Labute approximate surface area is 186 Å². The van der Waals surface area contributed by atoms with Gasteiger partial charge in [-0.1, -0.05) is 13.8 Å². The summed E-state index contributed by atoms with van der Waals surface area (Å²) in [6, 6.07) is 10.1. The Morgan fingerprint density at radius 3 is 2.29 bits per heavy atom. The Morgan fingerprint density at radius 2 is 1.65 bits per heavy atom. The number of nitrogens with one attached hydrogen (secondary N) is 2. The molecule has 0 radical (unpaired) electrons. The molecule has 0 aromatic carbocycles. The molecule has 6 nitrogen and oxygen atoms in total. The van der Waals surface area contributed by atoms with Gasteiger partial charge in [-0.2, -0.15) is 0 Å². The van der Waals surface area contributed by atoms with Crippen molar-refractivity contribution in [3.05, 3.63) is 54.6 Å². The van der Waals surface area contributed by atoms with Crippen molar-refractivity contribution in [2.45, 2.75) is 72.6 Å². The first-order chi connectivity index (χ1) is 14.5. The van der Waals surface area contributed by atoms with Crippen LogP contribution in [0.5, 0.6) is 0 Å². The van der Waals surface area contributed by atoms with Crippen LogP contribution in [0.1, 0.15) is 66.7 Å². The molecule has 0 fully saturated rings. The van der Waals surface area contributed by atoms with Crippen molar-refractivity contribution < 1.29 is 5.11 Å². The van der Waals surface area contributed by atoms with Crippen LogP contribution in [-0.4, -0.2) is 31.6 Å². The van der Waals surface area contributed by atoms with Crippen LogP contribution in [0, 0.1) is 5.92 Å². The first kappa shape index (κ1) is 24.5. The number of nitrogens with zero attached hydrogens (tertiary/aromatic N) is 3. The van der Waals surface area contributed by atoms with Crippen molar-refractivity contribution in [3.63, 3.8) is 0 Å². The zero-order valence-electron chi connectivity index (χ0n) is 19.8. The van der Waals surface area contributed by atoms with Gasteiger partial charge in [-0.05, 0) is 77.3 Å². The van der Waals surface area contributed by atoms with E-state index in [0.29, 0.717) is 12.0 Å². The summed E-state index contributed by atoms with van der Waals surface area (Å²) in [7, 11) is 0. The lowest BCUT2D eigenvalue weighted by Gasteiger charge is -2.23. The average Bonchev–Trinajstić information content (AvgIpc) is 2.67. The highest BCUT2D eigenvalue weighted by Gasteiger charge is 2.14. The summed E-state index contributed by atoms with van der Waals surface area (Å²) in [6.07, 6.45) is 5.58. The van der Waals surface area contributed by atoms with Crippen molar-refractivity contribution in [1.29, 1.82) is 0 Å². The molecule has 31 heavy (non-hydrogen) atoms. The zero-order valence-corrected chi connectivity index (χ0v) is 19.8. The fourth-order valence-corrected chi connectivity index (χ4v) is 3.10. The Hall–Kier alpha value is -2.73. The second-order valence-corrected chi connectivity index (χ2v) is 9.52. The molecule has 0 saturated carbocycles. The third kappa shape index (κ3) is 8.50. The summed E-state index contributed by atoms with van der Waals surface area (Å²) < 4.78 is 0. The van der Waals surface area contributed by atoms with Crippen molar-refractivity contribution in [1.82, 2.24) is 15.0 Å². The van der Waals surface area contributed by atoms with Gasteiger partial charge in [-0.3, -0.25) is 9.97 Å². The molecule has 168 valence electrons. The molecular weight excluding hydrogens is 386 g/mol. The minimum atomic E-state index is -0.475. The Morgan fingerprint density at radius 1 is 0.935 bits per heavy atom. The summed E-state index contributed by atoms with van der Waals surface area (Å²) in [4.78, 5) is 12.8. The molecule has 3 heterocycles. The first-order valence-corrected chi connectivity index (χ1v) is 10.9. The number of hydrogen-bond acceptors (Lipinski definition) is 6. The van der Waals surface area contributed by atoms with E-state index in [1.165, 1.54) is 0 Å². The number of anilines is 2. The molecule has 0 aliphatic heterocycles. The van der Waals surface area contributed by atoms with E-state index < -0.39 is 6.10 Å². The van der Waals surface area contributed by atoms with Gasteiger partial charge in [0.25, 0.3) is 0 Å². The van der Waals surface area contributed by atoms with E-state index in [0.717, 1.165) is 34.5 Å². The van der Waals surface area contributed by atoms with Gasteiger partial charge < -0.3 is 15.7 Å². The first-order valence-electron chi connectivity index (χ1n) is 10.9. The van der Waals surface area contributed by atoms with Gasteiger partial charge in [0.05, 0.1) is 17.3 Å². The Balaban J connectivity index is 0.000000224. The fourth-order valence-electron chi connectivity index (χ4n) is 3.10. The van der Waals surface area contributed by atoms with Gasteiger partial charge in [0.15, 0.2) is 0 Å². The van der Waals surface area contributed by atoms with E-state index in [1.54, 1.807) is 18.6 Å². The maximum absolute atomic E-state index is 10.0. The number of pyridine rings is 3. The molecule has 3 aromatic rings. The minimum absolute atomic E-state index is 0.0155. The second-order valence-electron chi connectivity index (χ2n) is 9.52. The highest BCUT2D eigenvalue weighted by Crippen LogP contribution is 2.23. The van der Waals surface area contributed by atoms with Crippen LogP contribution in [-0.2, 0) is 0 Å². The Bertz CT molecular complexity index is 945. The van der Waals surface area contributed by atoms with Gasteiger partial charge in [0.1, 0.15) is 5.82 Å². The molecule has 3 N–H and O–H groups in total. The largest absolute Gasteiger partial charge is 0.387 e. The van der Waals surface area contributed by atoms with Crippen LogP contribution in [0.25, 0.3) is 10.9 Å². The van der Waals surface area contributed by atoms with Gasteiger partial charge in [-0.25, -0.2) is 4.98 Å². The molecule has 1 atom stereocenters. The molecule has 6 heteroatoms. The van der Waals surface area contributed by atoms with E-state index >= 15 is 0 Å². The van der Waals surface area contributed by atoms with Gasteiger partial charge in [0, 0.05) is 41.2 Å². The second kappa shape index (κ2) is 11.0. The van der Waals surface area contributed by atoms with E-state index in [2.05, 4.69) is 74.1 Å². The van der Waals surface area contributed by atoms with Crippen LogP contribution >= 0.6 is 0 Å². The van der Waals surface area contributed by atoms with E-state index in [1.807, 2.05) is 30.3 Å². The molecular formula is C25H37N5O. The normalized spacial score (nSPS) is 12.5. The zero-order chi connectivity index (χ0) is 23.0. The van der Waals surface area contributed by atoms with Gasteiger partial charge in [0.2, 0.25) is 0 Å². The third-order valence-electron chi connectivity index (χ3n) is 4.29. The number of aromatic nitrogens is 3.